The fraction of sp³-hybridized carbons (Fsp3) is 0.944. The highest BCUT2D eigenvalue weighted by Crippen LogP contribution is 2.19. The van der Waals surface area contributed by atoms with Gasteiger partial charge in [-0.15, -0.1) is 0 Å². The maximum absolute atomic E-state index is 12.5. The summed E-state index contributed by atoms with van der Waals surface area (Å²) in [6, 6.07) is -0.540. The highest BCUT2D eigenvalue weighted by Gasteiger charge is 2.20. The van der Waals surface area contributed by atoms with Crippen molar-refractivity contribution in [3.05, 3.63) is 12.2 Å². The molecule has 0 aromatic rings. The van der Waals surface area contributed by atoms with Crippen molar-refractivity contribution < 1.29 is 24.5 Å². The quantitative estimate of drug-likeness (QED) is 0.0320. The Morgan fingerprint density at radius 2 is 0.603 bits per heavy atom. The van der Waals surface area contributed by atoms with E-state index in [0.717, 1.165) is 44.9 Å². The van der Waals surface area contributed by atoms with E-state index >= 15 is 0 Å². The zero-order valence-corrected chi connectivity index (χ0v) is 53.2. The summed E-state index contributed by atoms with van der Waals surface area (Å²) in [5.74, 6) is -0.0143. The SMILES string of the molecule is CCCCCCCC/C=C\CCCCCCCCCC(=O)OCCCCCCCCCCCCCCCCCCCCCCCCCCCC(=O)NC(CO)C(O)CCCCCCCCCCCCCCCCCCCCC. The first-order valence-corrected chi connectivity index (χ1v) is 35.9. The lowest BCUT2D eigenvalue weighted by Crippen LogP contribution is -2.45. The number of carbonyl (C=O) groups excluding carboxylic acids is 2. The lowest BCUT2D eigenvalue weighted by molar-refractivity contribution is -0.143. The third kappa shape index (κ3) is 63.8. The van der Waals surface area contributed by atoms with Gasteiger partial charge in [0.25, 0.3) is 0 Å². The van der Waals surface area contributed by atoms with Gasteiger partial charge in [0, 0.05) is 12.8 Å². The Morgan fingerprint density at radius 3 is 0.910 bits per heavy atom. The molecule has 0 saturated heterocycles. The third-order valence-electron chi connectivity index (χ3n) is 17.1. The molecule has 0 rings (SSSR count). The van der Waals surface area contributed by atoms with Crippen molar-refractivity contribution >= 4 is 11.9 Å². The molecule has 0 aliphatic rings. The number of aliphatic hydroxyl groups excluding tert-OH is 2. The number of hydrogen-bond acceptors (Lipinski definition) is 5. The second-order valence-electron chi connectivity index (χ2n) is 24.9. The van der Waals surface area contributed by atoms with E-state index in [1.165, 1.54) is 334 Å². The fourth-order valence-electron chi connectivity index (χ4n) is 11.6. The van der Waals surface area contributed by atoms with Crippen LogP contribution in [0, 0.1) is 0 Å². The summed E-state index contributed by atoms with van der Waals surface area (Å²) in [5.41, 5.74) is 0. The van der Waals surface area contributed by atoms with Crippen LogP contribution in [0.2, 0.25) is 0 Å². The Morgan fingerprint density at radius 1 is 0.346 bits per heavy atom. The van der Waals surface area contributed by atoms with Crippen molar-refractivity contribution in [2.24, 2.45) is 0 Å². The molecule has 0 aromatic carbocycles. The number of nitrogens with one attached hydrogen (secondary N) is 1. The molecule has 0 aliphatic carbocycles. The van der Waals surface area contributed by atoms with E-state index in [2.05, 4.69) is 31.3 Å². The number of ether oxygens (including phenoxy) is 1. The van der Waals surface area contributed by atoms with E-state index in [0.29, 0.717) is 25.9 Å². The van der Waals surface area contributed by atoms with Crippen LogP contribution in [0.1, 0.15) is 412 Å². The van der Waals surface area contributed by atoms with E-state index < -0.39 is 12.1 Å². The van der Waals surface area contributed by atoms with E-state index in [1.807, 2.05) is 0 Å². The molecule has 6 nitrogen and oxygen atoms in total. The Kier molecular flexibility index (Phi) is 66.9. The fourth-order valence-corrected chi connectivity index (χ4v) is 11.6. The van der Waals surface area contributed by atoms with E-state index in [9.17, 15) is 19.8 Å². The second-order valence-corrected chi connectivity index (χ2v) is 24.9. The molecule has 0 saturated carbocycles. The lowest BCUT2D eigenvalue weighted by atomic mass is 10.0. The Hall–Kier alpha value is -1.40. The first-order valence-electron chi connectivity index (χ1n) is 35.9. The number of amides is 1. The van der Waals surface area contributed by atoms with Gasteiger partial charge in [-0.2, -0.15) is 0 Å². The molecule has 1 amide bonds. The van der Waals surface area contributed by atoms with Gasteiger partial charge < -0.3 is 20.3 Å². The maximum atomic E-state index is 12.5. The molecule has 0 fully saturated rings. The van der Waals surface area contributed by atoms with E-state index in [-0.39, 0.29) is 18.5 Å². The van der Waals surface area contributed by atoms with Crippen LogP contribution in [0.5, 0.6) is 0 Å². The summed E-state index contributed by atoms with van der Waals surface area (Å²) in [7, 11) is 0. The predicted octanol–water partition coefficient (Wildman–Crippen LogP) is 23.1. The molecule has 0 aliphatic heterocycles. The summed E-state index contributed by atoms with van der Waals surface area (Å²) in [4.78, 5) is 24.6. The van der Waals surface area contributed by atoms with Crippen LogP contribution in [0.15, 0.2) is 12.2 Å². The van der Waals surface area contributed by atoms with Gasteiger partial charge in [-0.3, -0.25) is 9.59 Å². The molecule has 0 heterocycles. The minimum Gasteiger partial charge on any atom is -0.466 e. The molecule has 6 heteroatoms. The Labute approximate surface area is 489 Å². The van der Waals surface area contributed by atoms with Crippen LogP contribution in [-0.2, 0) is 14.3 Å². The lowest BCUT2D eigenvalue weighted by Gasteiger charge is -2.22. The maximum Gasteiger partial charge on any atom is 0.305 e. The molecule has 2 unspecified atom stereocenters. The van der Waals surface area contributed by atoms with E-state index in [1.54, 1.807) is 0 Å². The molecule has 78 heavy (non-hydrogen) atoms. The molecule has 3 N–H and O–H groups in total. The van der Waals surface area contributed by atoms with Gasteiger partial charge in [0.05, 0.1) is 25.4 Å². The van der Waals surface area contributed by atoms with Crippen LogP contribution < -0.4 is 5.32 Å². The molecule has 0 aromatic heterocycles. The summed E-state index contributed by atoms with van der Waals surface area (Å²) < 4.78 is 5.50. The first-order chi connectivity index (χ1) is 38.5. The van der Waals surface area contributed by atoms with Crippen LogP contribution in [0.25, 0.3) is 0 Å². The number of aliphatic hydroxyl groups is 2. The van der Waals surface area contributed by atoms with Crippen molar-refractivity contribution in [1.29, 1.82) is 0 Å². The standard InChI is InChI=1S/C72H141NO5/c1-3-5-7-9-11-13-15-17-19-21-29-33-36-40-44-48-52-56-60-64-70(75)69(68-74)73-71(76)65-61-57-53-49-45-41-37-34-30-27-25-23-22-24-26-28-31-35-39-43-47-51-55-59-63-67-78-72(77)66-62-58-54-50-46-42-38-32-20-18-16-14-12-10-8-6-4-2/h18,20,69-70,74-75H,3-17,19,21-68H2,1-2H3,(H,73,76)/b20-18-. The van der Waals surface area contributed by atoms with Gasteiger partial charge in [0.2, 0.25) is 5.91 Å². The molecule has 0 bridgehead atoms. The second kappa shape index (κ2) is 68.1. The normalized spacial score (nSPS) is 12.5. The van der Waals surface area contributed by atoms with Crippen molar-refractivity contribution in [2.75, 3.05) is 13.2 Å². The van der Waals surface area contributed by atoms with Crippen molar-refractivity contribution in [3.63, 3.8) is 0 Å². The number of hydrogen-bond donors (Lipinski definition) is 3. The third-order valence-corrected chi connectivity index (χ3v) is 17.1. The zero-order chi connectivity index (χ0) is 56.4. The summed E-state index contributed by atoms with van der Waals surface area (Å²) >= 11 is 0. The topological polar surface area (TPSA) is 95.9 Å². The monoisotopic (exact) mass is 1100 g/mol. The number of unbranched alkanes of at least 4 members (excludes halogenated alkanes) is 55. The highest BCUT2D eigenvalue weighted by atomic mass is 16.5. The van der Waals surface area contributed by atoms with Crippen molar-refractivity contribution in [1.82, 2.24) is 5.32 Å². The summed E-state index contributed by atoms with van der Waals surface area (Å²) in [6.07, 6.45) is 84.0. The smallest absolute Gasteiger partial charge is 0.305 e. The first kappa shape index (κ1) is 76.6. The number of allylic oxidation sites excluding steroid dienone is 2. The van der Waals surface area contributed by atoms with E-state index in [4.69, 9.17) is 4.74 Å². The van der Waals surface area contributed by atoms with Crippen molar-refractivity contribution in [3.8, 4) is 0 Å². The number of rotatable bonds is 68. The average molecular weight is 1100 g/mol. The van der Waals surface area contributed by atoms with Gasteiger partial charge in [-0.25, -0.2) is 0 Å². The molecule has 2 atom stereocenters. The Bertz CT molecular complexity index is 1180. The number of esters is 1. The average Bonchev–Trinajstić information content (AvgIpc) is 3.44. The minimum atomic E-state index is -0.663. The highest BCUT2D eigenvalue weighted by molar-refractivity contribution is 5.76. The summed E-state index contributed by atoms with van der Waals surface area (Å²) in [6.45, 7) is 4.99. The molecule has 0 radical (unpaired) electrons. The van der Waals surface area contributed by atoms with Gasteiger partial charge in [-0.1, -0.05) is 360 Å². The predicted molar refractivity (Wildman–Crippen MR) is 343 cm³/mol. The van der Waals surface area contributed by atoms with Crippen LogP contribution in [-0.4, -0.2) is 47.4 Å². The molecular formula is C72H141NO5. The molecule has 0 spiro atoms. The largest absolute Gasteiger partial charge is 0.466 e. The van der Waals surface area contributed by atoms with Gasteiger partial charge >= 0.3 is 5.97 Å². The number of carbonyl (C=O) groups is 2. The van der Waals surface area contributed by atoms with Crippen molar-refractivity contribution in [2.45, 2.75) is 424 Å². The van der Waals surface area contributed by atoms with Gasteiger partial charge in [0.1, 0.15) is 0 Å². The van der Waals surface area contributed by atoms with Gasteiger partial charge in [0.15, 0.2) is 0 Å². The Balaban J connectivity index is 3.35. The molecule has 464 valence electrons. The van der Waals surface area contributed by atoms with Crippen LogP contribution in [0.4, 0.5) is 0 Å². The molecular weight excluding hydrogens is 959 g/mol. The zero-order valence-electron chi connectivity index (χ0n) is 53.2. The summed E-state index contributed by atoms with van der Waals surface area (Å²) in [5, 5.41) is 23.4. The van der Waals surface area contributed by atoms with Crippen LogP contribution in [0.3, 0.4) is 0 Å². The minimum absolute atomic E-state index is 0.0143. The van der Waals surface area contributed by atoms with Crippen LogP contribution >= 0.6 is 0 Å². The van der Waals surface area contributed by atoms with Gasteiger partial charge in [-0.05, 0) is 51.4 Å².